The molecule has 1 saturated heterocycles. The van der Waals surface area contributed by atoms with E-state index in [1.54, 1.807) is 17.2 Å². The second-order valence-electron chi connectivity index (χ2n) is 3.77. The van der Waals surface area contributed by atoms with Gasteiger partial charge >= 0.3 is 0 Å². The lowest BCUT2D eigenvalue weighted by Crippen LogP contribution is -2.26. The summed E-state index contributed by atoms with van der Waals surface area (Å²) in [6.45, 7) is 1.17. The standard InChI is InChI=1S/C10H11BrClN3O/c11-7-4-14-9(12)2-8(7)15-5-6(3-13)1-10(15)16/h2,4,6H,1,3,5,13H2. The Morgan fingerprint density at radius 1 is 1.69 bits per heavy atom. The second kappa shape index (κ2) is 4.69. The fraction of sp³-hybridized carbons (Fsp3) is 0.400. The zero-order valence-corrected chi connectivity index (χ0v) is 10.8. The molecule has 0 aromatic carbocycles. The van der Waals surface area contributed by atoms with Crippen LogP contribution in [0, 0.1) is 5.92 Å². The molecule has 86 valence electrons. The van der Waals surface area contributed by atoms with E-state index in [2.05, 4.69) is 20.9 Å². The summed E-state index contributed by atoms with van der Waals surface area (Å²) in [6.07, 6.45) is 2.10. The largest absolute Gasteiger partial charge is 0.330 e. The molecule has 1 aromatic heterocycles. The van der Waals surface area contributed by atoms with E-state index in [-0.39, 0.29) is 11.8 Å². The summed E-state index contributed by atoms with van der Waals surface area (Å²) in [7, 11) is 0. The fourth-order valence-electron chi connectivity index (χ4n) is 1.78. The molecular weight excluding hydrogens is 293 g/mol. The van der Waals surface area contributed by atoms with Crippen LogP contribution in [0.3, 0.4) is 0 Å². The Kier molecular flexibility index (Phi) is 3.47. The van der Waals surface area contributed by atoms with Crippen molar-refractivity contribution < 1.29 is 4.79 Å². The predicted octanol–water partition coefficient (Wildman–Crippen LogP) is 1.81. The molecule has 0 saturated carbocycles. The number of halogens is 2. The zero-order valence-electron chi connectivity index (χ0n) is 8.49. The maximum absolute atomic E-state index is 11.8. The molecule has 1 aliphatic rings. The van der Waals surface area contributed by atoms with Crippen LogP contribution in [0.15, 0.2) is 16.7 Å². The van der Waals surface area contributed by atoms with Crippen molar-refractivity contribution in [1.82, 2.24) is 4.98 Å². The van der Waals surface area contributed by atoms with E-state index in [1.165, 1.54) is 0 Å². The lowest BCUT2D eigenvalue weighted by atomic mass is 10.1. The van der Waals surface area contributed by atoms with E-state index in [4.69, 9.17) is 17.3 Å². The molecule has 0 bridgehead atoms. The molecule has 16 heavy (non-hydrogen) atoms. The first-order chi connectivity index (χ1) is 7.61. The van der Waals surface area contributed by atoms with Gasteiger partial charge in [0.25, 0.3) is 0 Å². The number of hydrogen-bond acceptors (Lipinski definition) is 3. The Balaban J connectivity index is 2.30. The molecule has 0 radical (unpaired) electrons. The van der Waals surface area contributed by atoms with Crippen molar-refractivity contribution in [2.45, 2.75) is 6.42 Å². The van der Waals surface area contributed by atoms with Gasteiger partial charge in [-0.1, -0.05) is 11.6 Å². The molecule has 2 heterocycles. The van der Waals surface area contributed by atoms with Crippen LogP contribution in [0.1, 0.15) is 6.42 Å². The first-order valence-electron chi connectivity index (χ1n) is 4.93. The van der Waals surface area contributed by atoms with Gasteiger partial charge in [0.1, 0.15) is 5.15 Å². The highest BCUT2D eigenvalue weighted by Gasteiger charge is 2.30. The number of aromatic nitrogens is 1. The molecule has 2 rings (SSSR count). The minimum Gasteiger partial charge on any atom is -0.330 e. The number of nitrogens with two attached hydrogens (primary N) is 1. The van der Waals surface area contributed by atoms with Crippen LogP contribution in [0.2, 0.25) is 5.15 Å². The molecule has 1 amide bonds. The van der Waals surface area contributed by atoms with E-state index < -0.39 is 0 Å². The molecule has 0 aliphatic carbocycles. The molecule has 1 fully saturated rings. The van der Waals surface area contributed by atoms with Crippen LogP contribution in [0.5, 0.6) is 0 Å². The summed E-state index contributed by atoms with van der Waals surface area (Å²) in [5, 5.41) is 0.377. The predicted molar refractivity (Wildman–Crippen MR) is 66.5 cm³/mol. The van der Waals surface area contributed by atoms with E-state index in [0.29, 0.717) is 24.7 Å². The first kappa shape index (κ1) is 11.8. The Morgan fingerprint density at radius 3 is 3.06 bits per heavy atom. The van der Waals surface area contributed by atoms with Crippen LogP contribution in [-0.4, -0.2) is 24.0 Å². The molecule has 2 N–H and O–H groups in total. The van der Waals surface area contributed by atoms with E-state index in [9.17, 15) is 4.79 Å². The first-order valence-corrected chi connectivity index (χ1v) is 6.10. The SMILES string of the molecule is NCC1CC(=O)N(c2cc(Cl)ncc2Br)C1. The summed E-state index contributed by atoms with van der Waals surface area (Å²) in [5.41, 5.74) is 6.34. The van der Waals surface area contributed by atoms with Crippen molar-refractivity contribution in [2.24, 2.45) is 11.7 Å². The number of hydrogen-bond donors (Lipinski definition) is 1. The van der Waals surface area contributed by atoms with Gasteiger partial charge in [0.15, 0.2) is 0 Å². The number of nitrogens with zero attached hydrogens (tertiary/aromatic N) is 2. The van der Waals surface area contributed by atoms with Crippen molar-refractivity contribution in [1.29, 1.82) is 0 Å². The molecule has 4 nitrogen and oxygen atoms in total. The van der Waals surface area contributed by atoms with Crippen LogP contribution in [0.25, 0.3) is 0 Å². The number of pyridine rings is 1. The molecule has 1 aliphatic heterocycles. The summed E-state index contributed by atoms with van der Waals surface area (Å²) in [6, 6.07) is 1.68. The Bertz CT molecular complexity index is 427. The minimum absolute atomic E-state index is 0.0819. The highest BCUT2D eigenvalue weighted by atomic mass is 79.9. The van der Waals surface area contributed by atoms with Gasteiger partial charge in [-0.25, -0.2) is 4.98 Å². The Morgan fingerprint density at radius 2 is 2.44 bits per heavy atom. The number of carbonyl (C=O) groups excluding carboxylic acids is 1. The number of rotatable bonds is 2. The van der Waals surface area contributed by atoms with Crippen molar-refractivity contribution in [2.75, 3.05) is 18.0 Å². The number of amides is 1. The molecule has 6 heteroatoms. The topological polar surface area (TPSA) is 59.2 Å². The van der Waals surface area contributed by atoms with Gasteiger partial charge in [-0.3, -0.25) is 4.79 Å². The highest BCUT2D eigenvalue weighted by Crippen LogP contribution is 2.32. The third kappa shape index (κ3) is 2.21. The number of anilines is 1. The Hall–Kier alpha value is -0.650. The zero-order chi connectivity index (χ0) is 11.7. The molecule has 1 atom stereocenters. The summed E-state index contributed by atoms with van der Waals surface area (Å²) >= 11 is 9.18. The monoisotopic (exact) mass is 303 g/mol. The summed E-state index contributed by atoms with van der Waals surface area (Å²) < 4.78 is 0.767. The smallest absolute Gasteiger partial charge is 0.227 e. The van der Waals surface area contributed by atoms with Crippen molar-refractivity contribution in [3.05, 3.63) is 21.9 Å². The average Bonchev–Trinajstić information content (AvgIpc) is 2.63. The summed E-state index contributed by atoms with van der Waals surface area (Å²) in [5.74, 6) is 0.310. The fourth-order valence-corrected chi connectivity index (χ4v) is 2.37. The van der Waals surface area contributed by atoms with Crippen LogP contribution in [-0.2, 0) is 4.79 Å². The van der Waals surface area contributed by atoms with Gasteiger partial charge in [0.05, 0.1) is 10.2 Å². The van der Waals surface area contributed by atoms with E-state index in [1.807, 2.05) is 0 Å². The van der Waals surface area contributed by atoms with Crippen molar-refractivity contribution in [3.63, 3.8) is 0 Å². The van der Waals surface area contributed by atoms with Gasteiger partial charge in [-0.15, -0.1) is 0 Å². The van der Waals surface area contributed by atoms with Gasteiger partial charge in [0.2, 0.25) is 5.91 Å². The number of carbonyl (C=O) groups is 1. The van der Waals surface area contributed by atoms with Crippen LogP contribution in [0.4, 0.5) is 5.69 Å². The van der Waals surface area contributed by atoms with Gasteiger partial charge < -0.3 is 10.6 Å². The normalized spacial score (nSPS) is 20.6. The average molecular weight is 305 g/mol. The quantitative estimate of drug-likeness (QED) is 0.848. The third-order valence-electron chi connectivity index (χ3n) is 2.63. The molecule has 1 unspecified atom stereocenters. The lowest BCUT2D eigenvalue weighted by molar-refractivity contribution is -0.117. The third-order valence-corrected chi connectivity index (χ3v) is 3.45. The lowest BCUT2D eigenvalue weighted by Gasteiger charge is -2.18. The molecular formula is C10H11BrClN3O. The van der Waals surface area contributed by atoms with Crippen LogP contribution < -0.4 is 10.6 Å². The van der Waals surface area contributed by atoms with E-state index in [0.717, 1.165) is 10.2 Å². The summed E-state index contributed by atoms with van der Waals surface area (Å²) in [4.78, 5) is 17.4. The minimum atomic E-state index is 0.0819. The maximum Gasteiger partial charge on any atom is 0.227 e. The van der Waals surface area contributed by atoms with Gasteiger partial charge in [-0.05, 0) is 28.4 Å². The van der Waals surface area contributed by atoms with Crippen molar-refractivity contribution >= 4 is 39.1 Å². The highest BCUT2D eigenvalue weighted by molar-refractivity contribution is 9.10. The Labute approximate surface area is 107 Å². The van der Waals surface area contributed by atoms with Crippen LogP contribution >= 0.6 is 27.5 Å². The van der Waals surface area contributed by atoms with Gasteiger partial charge in [-0.2, -0.15) is 0 Å². The van der Waals surface area contributed by atoms with Gasteiger partial charge in [0, 0.05) is 25.2 Å². The molecule has 1 aromatic rings. The van der Waals surface area contributed by atoms with Crippen molar-refractivity contribution in [3.8, 4) is 0 Å². The van der Waals surface area contributed by atoms with E-state index >= 15 is 0 Å². The molecule has 0 spiro atoms. The second-order valence-corrected chi connectivity index (χ2v) is 5.01. The maximum atomic E-state index is 11.8.